The Morgan fingerprint density at radius 2 is 2.00 bits per heavy atom. The Bertz CT molecular complexity index is 270. The fourth-order valence-corrected chi connectivity index (χ4v) is 2.17. The van der Waals surface area contributed by atoms with E-state index < -0.39 is 11.5 Å². The molecular weight excluding hydrogens is 248 g/mol. The van der Waals surface area contributed by atoms with Gasteiger partial charge in [-0.25, -0.2) is 8.78 Å². The maximum absolute atomic E-state index is 13.0. The third kappa shape index (κ3) is 4.09. The number of hydrogen-bond acceptors (Lipinski definition) is 1. The number of carbonyl (C=O) groups excluding carboxylic acids is 1. The lowest BCUT2D eigenvalue weighted by Gasteiger charge is -2.32. The maximum atomic E-state index is 13.0. The summed E-state index contributed by atoms with van der Waals surface area (Å²) in [4.78, 5) is 11.9. The van der Waals surface area contributed by atoms with Crippen LogP contribution in [-0.4, -0.2) is 23.2 Å². The summed E-state index contributed by atoms with van der Waals surface area (Å²) in [6, 6.07) is 0. The molecular formula is C12H20ClF2NO. The van der Waals surface area contributed by atoms with E-state index in [4.69, 9.17) is 11.6 Å². The number of nitrogens with one attached hydrogen (secondary N) is 1. The Morgan fingerprint density at radius 1 is 1.47 bits per heavy atom. The first-order valence-electron chi connectivity index (χ1n) is 6.08. The van der Waals surface area contributed by atoms with Crippen LogP contribution in [0.3, 0.4) is 0 Å². The van der Waals surface area contributed by atoms with Gasteiger partial charge in [0.1, 0.15) is 0 Å². The van der Waals surface area contributed by atoms with Crippen LogP contribution in [0.5, 0.6) is 0 Å². The molecule has 1 amide bonds. The van der Waals surface area contributed by atoms with Crippen LogP contribution in [0.4, 0.5) is 8.78 Å². The van der Waals surface area contributed by atoms with Crippen LogP contribution in [0.2, 0.25) is 0 Å². The molecule has 2 nitrogen and oxygen atoms in total. The van der Waals surface area contributed by atoms with E-state index in [0.29, 0.717) is 5.88 Å². The second kappa shape index (κ2) is 5.51. The van der Waals surface area contributed by atoms with Crippen LogP contribution < -0.4 is 5.32 Å². The van der Waals surface area contributed by atoms with E-state index in [1.807, 2.05) is 13.8 Å². The van der Waals surface area contributed by atoms with Crippen LogP contribution in [0.25, 0.3) is 0 Å². The van der Waals surface area contributed by atoms with Gasteiger partial charge in [-0.15, -0.1) is 11.6 Å². The summed E-state index contributed by atoms with van der Waals surface area (Å²) in [7, 11) is 0. The predicted molar refractivity (Wildman–Crippen MR) is 64.5 cm³/mol. The number of rotatable bonds is 4. The Kier molecular flexibility index (Phi) is 4.76. The quantitative estimate of drug-likeness (QED) is 0.778. The lowest BCUT2D eigenvalue weighted by atomic mass is 9.85. The Labute approximate surface area is 106 Å². The van der Waals surface area contributed by atoms with Gasteiger partial charge in [-0.2, -0.15) is 0 Å². The van der Waals surface area contributed by atoms with E-state index in [1.165, 1.54) is 0 Å². The van der Waals surface area contributed by atoms with Crippen molar-refractivity contribution in [3.63, 3.8) is 0 Å². The molecule has 1 N–H and O–H groups in total. The zero-order valence-corrected chi connectivity index (χ0v) is 11.1. The molecule has 1 rings (SSSR count). The molecule has 1 saturated carbocycles. The summed E-state index contributed by atoms with van der Waals surface area (Å²) >= 11 is 5.80. The van der Waals surface area contributed by atoms with Gasteiger partial charge in [0.15, 0.2) is 0 Å². The summed E-state index contributed by atoms with van der Waals surface area (Å²) in [6.07, 6.45) is 0.885. The van der Waals surface area contributed by atoms with Gasteiger partial charge in [-0.1, -0.05) is 6.92 Å². The topological polar surface area (TPSA) is 29.1 Å². The highest BCUT2D eigenvalue weighted by Gasteiger charge is 2.38. The zero-order chi connectivity index (χ0) is 13.1. The standard InChI is InChI=1S/C12H20ClF2NO/c1-3-11(2,8-13)16-10(17)9-4-6-12(14,15)7-5-9/h9H,3-8H2,1-2H3,(H,16,17). The first-order valence-corrected chi connectivity index (χ1v) is 6.61. The van der Waals surface area contributed by atoms with E-state index in [1.54, 1.807) is 0 Å². The third-order valence-electron chi connectivity index (χ3n) is 3.59. The molecule has 100 valence electrons. The molecule has 0 aliphatic heterocycles. The van der Waals surface area contributed by atoms with E-state index in [2.05, 4.69) is 5.32 Å². The van der Waals surface area contributed by atoms with Gasteiger partial charge in [0, 0.05) is 24.6 Å². The third-order valence-corrected chi connectivity index (χ3v) is 4.18. The molecule has 17 heavy (non-hydrogen) atoms. The molecule has 0 saturated heterocycles. The van der Waals surface area contributed by atoms with Crippen molar-refractivity contribution in [2.24, 2.45) is 5.92 Å². The first kappa shape index (κ1) is 14.7. The van der Waals surface area contributed by atoms with Crippen LogP contribution in [0.15, 0.2) is 0 Å². The van der Waals surface area contributed by atoms with Crippen molar-refractivity contribution >= 4 is 17.5 Å². The fraction of sp³-hybridized carbons (Fsp3) is 0.917. The lowest BCUT2D eigenvalue weighted by Crippen LogP contribution is -2.50. The smallest absolute Gasteiger partial charge is 0.248 e. The number of carbonyl (C=O) groups is 1. The van der Waals surface area contributed by atoms with Gasteiger partial charge in [-0.3, -0.25) is 4.79 Å². The first-order chi connectivity index (χ1) is 7.82. The highest BCUT2D eigenvalue weighted by molar-refractivity contribution is 6.18. The average Bonchev–Trinajstić information content (AvgIpc) is 2.28. The summed E-state index contributed by atoms with van der Waals surface area (Å²) in [5.74, 6) is -2.68. The minimum Gasteiger partial charge on any atom is -0.350 e. The normalized spacial score (nSPS) is 24.1. The van der Waals surface area contributed by atoms with Crippen molar-refractivity contribution in [1.82, 2.24) is 5.32 Å². The summed E-state index contributed by atoms with van der Waals surface area (Å²) in [5.41, 5.74) is -0.432. The van der Waals surface area contributed by atoms with E-state index >= 15 is 0 Å². The highest BCUT2D eigenvalue weighted by Crippen LogP contribution is 2.36. The molecule has 0 bridgehead atoms. The van der Waals surface area contributed by atoms with Gasteiger partial charge in [0.25, 0.3) is 0 Å². The van der Waals surface area contributed by atoms with Gasteiger partial charge in [-0.05, 0) is 26.2 Å². The molecule has 1 fully saturated rings. The van der Waals surface area contributed by atoms with Crippen molar-refractivity contribution in [2.75, 3.05) is 5.88 Å². The van der Waals surface area contributed by atoms with E-state index in [-0.39, 0.29) is 37.5 Å². The Hall–Kier alpha value is -0.380. The van der Waals surface area contributed by atoms with Crippen molar-refractivity contribution < 1.29 is 13.6 Å². The van der Waals surface area contributed by atoms with Crippen LogP contribution in [-0.2, 0) is 4.79 Å². The molecule has 0 aromatic heterocycles. The molecule has 1 unspecified atom stereocenters. The average molecular weight is 268 g/mol. The molecule has 5 heteroatoms. The number of amides is 1. The van der Waals surface area contributed by atoms with Crippen molar-refractivity contribution in [3.8, 4) is 0 Å². The Morgan fingerprint density at radius 3 is 2.41 bits per heavy atom. The molecule has 0 heterocycles. The summed E-state index contributed by atoms with van der Waals surface area (Å²) < 4.78 is 25.9. The molecule has 0 aromatic rings. The van der Waals surface area contributed by atoms with Crippen molar-refractivity contribution in [2.45, 2.75) is 57.4 Å². The minimum absolute atomic E-state index is 0.134. The zero-order valence-electron chi connectivity index (χ0n) is 10.4. The maximum Gasteiger partial charge on any atom is 0.248 e. The largest absolute Gasteiger partial charge is 0.350 e. The van der Waals surface area contributed by atoms with E-state index in [9.17, 15) is 13.6 Å². The van der Waals surface area contributed by atoms with Crippen molar-refractivity contribution in [1.29, 1.82) is 0 Å². The van der Waals surface area contributed by atoms with Gasteiger partial charge in [0.05, 0.1) is 5.54 Å². The minimum atomic E-state index is -2.59. The number of hydrogen-bond donors (Lipinski definition) is 1. The molecule has 1 aliphatic carbocycles. The second-order valence-electron chi connectivity index (χ2n) is 5.17. The lowest BCUT2D eigenvalue weighted by molar-refractivity contribution is -0.130. The van der Waals surface area contributed by atoms with Gasteiger partial charge in [0.2, 0.25) is 11.8 Å². The Balaban J connectivity index is 2.50. The van der Waals surface area contributed by atoms with E-state index in [0.717, 1.165) is 6.42 Å². The summed E-state index contributed by atoms with van der Waals surface area (Å²) in [6.45, 7) is 3.81. The molecule has 0 aromatic carbocycles. The number of halogens is 3. The van der Waals surface area contributed by atoms with Crippen LogP contribution in [0.1, 0.15) is 46.0 Å². The van der Waals surface area contributed by atoms with Crippen molar-refractivity contribution in [3.05, 3.63) is 0 Å². The van der Waals surface area contributed by atoms with Crippen LogP contribution >= 0.6 is 11.6 Å². The molecule has 0 spiro atoms. The highest BCUT2D eigenvalue weighted by atomic mass is 35.5. The summed E-state index contributed by atoms with van der Waals surface area (Å²) in [5, 5.41) is 2.87. The second-order valence-corrected chi connectivity index (χ2v) is 5.43. The number of alkyl halides is 3. The molecule has 1 atom stereocenters. The van der Waals surface area contributed by atoms with Crippen LogP contribution in [0, 0.1) is 5.92 Å². The van der Waals surface area contributed by atoms with Gasteiger partial charge >= 0.3 is 0 Å². The predicted octanol–water partition coefficient (Wildman–Crippen LogP) is 3.34. The fourth-order valence-electron chi connectivity index (χ4n) is 1.92. The molecule has 1 aliphatic rings. The van der Waals surface area contributed by atoms with Gasteiger partial charge < -0.3 is 5.32 Å². The molecule has 0 radical (unpaired) electrons. The SMILES string of the molecule is CCC(C)(CCl)NC(=O)C1CCC(F)(F)CC1. The monoisotopic (exact) mass is 267 g/mol.